The molecule has 458 valence electrons. The average molecular weight is 1090 g/mol. The first-order valence-corrected chi connectivity index (χ1v) is 35.4. The van der Waals surface area contributed by atoms with Crippen LogP contribution in [0.4, 0.5) is 0 Å². The van der Waals surface area contributed by atoms with Crippen molar-refractivity contribution >= 4 is 11.9 Å². The molecule has 0 aromatic rings. The van der Waals surface area contributed by atoms with E-state index in [1.54, 1.807) is 0 Å². The number of rotatable bonds is 67. The van der Waals surface area contributed by atoms with Gasteiger partial charge in [-0.2, -0.15) is 0 Å². The van der Waals surface area contributed by atoms with Gasteiger partial charge in [0.2, 0.25) is 5.91 Å². The molecule has 2 unspecified atom stereocenters. The fourth-order valence-corrected chi connectivity index (χ4v) is 11.4. The van der Waals surface area contributed by atoms with E-state index in [-0.39, 0.29) is 18.5 Å². The molecule has 77 heavy (non-hydrogen) atoms. The van der Waals surface area contributed by atoms with E-state index in [4.69, 9.17) is 4.74 Å². The lowest BCUT2D eigenvalue weighted by Crippen LogP contribution is -2.45. The van der Waals surface area contributed by atoms with Crippen molar-refractivity contribution in [2.45, 2.75) is 418 Å². The Kier molecular flexibility index (Phi) is 65.9. The molecular formula is C71H139NO5. The normalized spacial score (nSPS) is 12.5. The lowest BCUT2D eigenvalue weighted by molar-refractivity contribution is -0.143. The Labute approximate surface area is 482 Å². The van der Waals surface area contributed by atoms with Crippen molar-refractivity contribution < 1.29 is 24.5 Å². The number of amides is 1. The van der Waals surface area contributed by atoms with Crippen molar-refractivity contribution in [3.8, 4) is 0 Å². The van der Waals surface area contributed by atoms with Crippen LogP contribution < -0.4 is 5.32 Å². The van der Waals surface area contributed by atoms with Crippen LogP contribution in [0.15, 0.2) is 12.2 Å². The highest BCUT2D eigenvalue weighted by Crippen LogP contribution is 2.19. The highest BCUT2D eigenvalue weighted by molar-refractivity contribution is 5.76. The summed E-state index contributed by atoms with van der Waals surface area (Å²) in [7, 11) is 0. The average Bonchev–Trinajstić information content (AvgIpc) is 3.43. The van der Waals surface area contributed by atoms with E-state index in [0.717, 1.165) is 44.9 Å². The van der Waals surface area contributed by atoms with Gasteiger partial charge in [-0.25, -0.2) is 0 Å². The second kappa shape index (κ2) is 67.1. The van der Waals surface area contributed by atoms with Crippen molar-refractivity contribution in [2.24, 2.45) is 0 Å². The van der Waals surface area contributed by atoms with Crippen molar-refractivity contribution in [3.63, 3.8) is 0 Å². The van der Waals surface area contributed by atoms with E-state index in [0.29, 0.717) is 25.9 Å². The maximum atomic E-state index is 12.5. The molecule has 6 nitrogen and oxygen atoms in total. The largest absolute Gasteiger partial charge is 0.466 e. The molecule has 0 radical (unpaired) electrons. The molecule has 0 aliphatic carbocycles. The molecule has 0 aromatic carbocycles. The SMILES string of the molecule is CCCCCCCC/C=C\CCCCCCCCCCCC(=O)OCCCCCCCCCCCCCCCCCCCCCCCCC(=O)NC(CO)C(O)CCCCCCCCCCCCCCCCCCCCC. The summed E-state index contributed by atoms with van der Waals surface area (Å²) in [5, 5.41) is 23.4. The molecule has 0 aromatic heterocycles. The molecule has 0 aliphatic rings. The maximum Gasteiger partial charge on any atom is 0.305 e. The zero-order valence-electron chi connectivity index (χ0n) is 52.5. The number of carbonyl (C=O) groups is 2. The second-order valence-electron chi connectivity index (χ2n) is 24.6. The summed E-state index contributed by atoms with van der Waals surface area (Å²) in [6, 6.07) is -0.542. The van der Waals surface area contributed by atoms with Gasteiger partial charge in [-0.15, -0.1) is 0 Å². The number of aliphatic hydroxyl groups excluding tert-OH is 2. The third-order valence-corrected chi connectivity index (χ3v) is 16.8. The van der Waals surface area contributed by atoms with Gasteiger partial charge >= 0.3 is 5.97 Å². The topological polar surface area (TPSA) is 95.9 Å². The number of allylic oxidation sites excluding steroid dienone is 2. The van der Waals surface area contributed by atoms with Gasteiger partial charge in [0.25, 0.3) is 0 Å². The van der Waals surface area contributed by atoms with Gasteiger partial charge in [-0.1, -0.05) is 353 Å². The number of ether oxygens (including phenoxy) is 1. The molecule has 0 heterocycles. The van der Waals surface area contributed by atoms with E-state index in [2.05, 4.69) is 31.3 Å². The van der Waals surface area contributed by atoms with E-state index >= 15 is 0 Å². The van der Waals surface area contributed by atoms with E-state index in [9.17, 15) is 19.8 Å². The summed E-state index contributed by atoms with van der Waals surface area (Å²) >= 11 is 0. The van der Waals surface area contributed by atoms with E-state index in [1.165, 1.54) is 327 Å². The van der Waals surface area contributed by atoms with Gasteiger partial charge in [0.05, 0.1) is 25.4 Å². The highest BCUT2D eigenvalue weighted by Gasteiger charge is 2.20. The smallest absolute Gasteiger partial charge is 0.305 e. The summed E-state index contributed by atoms with van der Waals surface area (Å²) < 4.78 is 5.51. The molecule has 0 rings (SSSR count). The lowest BCUT2D eigenvalue weighted by Gasteiger charge is -2.22. The zero-order valence-corrected chi connectivity index (χ0v) is 52.5. The summed E-state index contributed by atoms with van der Waals surface area (Å²) in [6.07, 6.45) is 82.5. The summed E-state index contributed by atoms with van der Waals surface area (Å²) in [4.78, 5) is 24.7. The first kappa shape index (κ1) is 75.6. The molecular weight excluding hydrogens is 947 g/mol. The molecule has 3 N–H and O–H groups in total. The fraction of sp³-hybridized carbons (Fsp3) is 0.944. The van der Waals surface area contributed by atoms with Crippen LogP contribution in [-0.4, -0.2) is 47.4 Å². The molecule has 0 bridgehead atoms. The fourth-order valence-electron chi connectivity index (χ4n) is 11.4. The Balaban J connectivity index is 3.36. The first-order chi connectivity index (χ1) is 38.0. The molecule has 0 fully saturated rings. The molecule has 6 heteroatoms. The molecule has 1 amide bonds. The Hall–Kier alpha value is -1.40. The van der Waals surface area contributed by atoms with Crippen LogP contribution in [0.2, 0.25) is 0 Å². The van der Waals surface area contributed by atoms with Crippen LogP contribution in [0.3, 0.4) is 0 Å². The van der Waals surface area contributed by atoms with Crippen molar-refractivity contribution in [1.82, 2.24) is 5.32 Å². The molecule has 0 aliphatic heterocycles. The van der Waals surface area contributed by atoms with Gasteiger partial charge in [0.15, 0.2) is 0 Å². The Bertz CT molecular complexity index is 1160. The summed E-state index contributed by atoms with van der Waals surface area (Å²) in [6.45, 7) is 4.99. The van der Waals surface area contributed by atoms with E-state index in [1.807, 2.05) is 0 Å². The van der Waals surface area contributed by atoms with Crippen LogP contribution in [0.5, 0.6) is 0 Å². The van der Waals surface area contributed by atoms with Gasteiger partial charge in [0, 0.05) is 12.8 Å². The number of aliphatic hydroxyl groups is 2. The van der Waals surface area contributed by atoms with Crippen molar-refractivity contribution in [2.75, 3.05) is 13.2 Å². The van der Waals surface area contributed by atoms with Gasteiger partial charge in [0.1, 0.15) is 0 Å². The number of esters is 1. The van der Waals surface area contributed by atoms with Gasteiger partial charge in [-0.05, 0) is 51.4 Å². The Morgan fingerprint density at radius 3 is 0.922 bits per heavy atom. The number of nitrogens with one attached hydrogen (secondary N) is 1. The minimum Gasteiger partial charge on any atom is -0.466 e. The van der Waals surface area contributed by atoms with Crippen molar-refractivity contribution in [1.29, 1.82) is 0 Å². The van der Waals surface area contributed by atoms with Crippen LogP contribution >= 0.6 is 0 Å². The third-order valence-electron chi connectivity index (χ3n) is 16.8. The minimum absolute atomic E-state index is 0.0142. The highest BCUT2D eigenvalue weighted by atomic mass is 16.5. The quantitative estimate of drug-likeness (QED) is 0.0320. The summed E-state index contributed by atoms with van der Waals surface area (Å²) in [5.74, 6) is -0.0164. The lowest BCUT2D eigenvalue weighted by atomic mass is 10.0. The predicted octanol–water partition coefficient (Wildman–Crippen LogP) is 22.8. The second-order valence-corrected chi connectivity index (χ2v) is 24.6. The van der Waals surface area contributed by atoms with E-state index < -0.39 is 12.1 Å². The molecule has 0 saturated carbocycles. The minimum atomic E-state index is -0.665. The monoisotopic (exact) mass is 1090 g/mol. The molecule has 0 spiro atoms. The number of unbranched alkanes of at least 4 members (excludes halogenated alkanes) is 54. The maximum absolute atomic E-state index is 12.5. The predicted molar refractivity (Wildman–Crippen MR) is 338 cm³/mol. The standard InChI is InChI=1S/C71H139NO5/c1-3-5-7-9-11-13-15-17-19-21-27-31-35-39-43-47-51-55-59-63-69(74)68(67-73)72-70(75)64-60-56-52-48-44-40-36-32-29-25-23-24-26-30-34-38-42-46-50-54-58-62-66-77-71(76)65-61-57-53-49-45-41-37-33-28-22-20-18-16-14-12-10-8-6-4-2/h18,20,68-69,73-74H,3-17,19,21-67H2,1-2H3,(H,72,75)/b20-18-. The molecule has 0 saturated heterocycles. The Morgan fingerprint density at radius 2 is 0.610 bits per heavy atom. The van der Waals surface area contributed by atoms with Crippen LogP contribution in [-0.2, 0) is 14.3 Å². The number of hydrogen-bond acceptors (Lipinski definition) is 5. The molecule has 2 atom stereocenters. The first-order valence-electron chi connectivity index (χ1n) is 35.4. The van der Waals surface area contributed by atoms with Crippen LogP contribution in [0.25, 0.3) is 0 Å². The van der Waals surface area contributed by atoms with Crippen LogP contribution in [0, 0.1) is 0 Å². The van der Waals surface area contributed by atoms with Crippen LogP contribution in [0.1, 0.15) is 406 Å². The number of carbonyl (C=O) groups excluding carboxylic acids is 2. The number of hydrogen-bond donors (Lipinski definition) is 3. The Morgan fingerprint density at radius 1 is 0.351 bits per heavy atom. The van der Waals surface area contributed by atoms with Gasteiger partial charge in [-0.3, -0.25) is 9.59 Å². The van der Waals surface area contributed by atoms with Crippen molar-refractivity contribution in [3.05, 3.63) is 12.2 Å². The third kappa shape index (κ3) is 63.6. The zero-order chi connectivity index (χ0) is 55.7. The van der Waals surface area contributed by atoms with Gasteiger partial charge < -0.3 is 20.3 Å². The summed E-state index contributed by atoms with van der Waals surface area (Å²) in [5.41, 5.74) is 0.